The zero-order valence-electron chi connectivity index (χ0n) is 12.9. The van der Waals surface area contributed by atoms with Crippen molar-refractivity contribution < 1.29 is 13.3 Å². The number of hydrogen-bond donors (Lipinski definition) is 1. The van der Waals surface area contributed by atoms with Crippen LogP contribution in [0.25, 0.3) is 0 Å². The highest BCUT2D eigenvalue weighted by Crippen LogP contribution is 2.25. The molecule has 7 nitrogen and oxygen atoms in total. The van der Waals surface area contributed by atoms with Gasteiger partial charge in [0.15, 0.2) is 0 Å². The molecule has 0 aromatic heterocycles. The summed E-state index contributed by atoms with van der Waals surface area (Å²) in [6.07, 6.45) is 0.646. The van der Waals surface area contributed by atoms with E-state index in [-0.39, 0.29) is 11.4 Å². The van der Waals surface area contributed by atoms with Crippen LogP contribution in [-0.4, -0.2) is 25.6 Å². The first-order valence-corrected chi connectivity index (χ1v) is 9.14. The van der Waals surface area contributed by atoms with Crippen LogP contribution in [0.2, 0.25) is 0 Å². The van der Waals surface area contributed by atoms with Crippen molar-refractivity contribution in [2.75, 3.05) is 21.9 Å². The molecule has 2 aromatic rings. The highest BCUT2D eigenvalue weighted by molar-refractivity contribution is 7.93. The Morgan fingerprint density at radius 1 is 1.17 bits per heavy atom. The molecule has 126 valence electrons. The van der Waals surface area contributed by atoms with E-state index in [0.717, 1.165) is 11.3 Å². The van der Waals surface area contributed by atoms with E-state index in [1.807, 2.05) is 18.2 Å². The van der Waals surface area contributed by atoms with Gasteiger partial charge in [0.05, 0.1) is 16.4 Å². The third-order valence-electron chi connectivity index (χ3n) is 3.87. The lowest BCUT2D eigenvalue weighted by Gasteiger charge is -2.18. The Kier molecular flexibility index (Phi) is 4.39. The molecule has 1 aliphatic rings. The fourth-order valence-electron chi connectivity index (χ4n) is 2.66. The predicted molar refractivity (Wildman–Crippen MR) is 92.6 cm³/mol. The number of hydrogen-bond acceptors (Lipinski definition) is 5. The number of anilines is 2. The quantitative estimate of drug-likeness (QED) is 0.663. The van der Waals surface area contributed by atoms with Crippen LogP contribution in [0, 0.1) is 10.1 Å². The molecule has 2 aromatic carbocycles. The molecule has 1 aliphatic heterocycles. The Labute approximate surface area is 140 Å². The summed E-state index contributed by atoms with van der Waals surface area (Å²) in [5.74, 6) is 0.193. The molecule has 0 unspecified atom stereocenters. The second-order valence-electron chi connectivity index (χ2n) is 5.57. The van der Waals surface area contributed by atoms with E-state index in [2.05, 4.69) is 5.32 Å². The van der Waals surface area contributed by atoms with Gasteiger partial charge in [0.25, 0.3) is 5.69 Å². The highest BCUT2D eigenvalue weighted by Gasteiger charge is 2.28. The van der Waals surface area contributed by atoms with E-state index in [4.69, 9.17) is 0 Å². The van der Waals surface area contributed by atoms with E-state index in [0.29, 0.717) is 25.2 Å². The molecule has 1 N–H and O–H groups in total. The second kappa shape index (κ2) is 6.48. The van der Waals surface area contributed by atoms with E-state index in [1.165, 1.54) is 16.4 Å². The van der Waals surface area contributed by atoms with Gasteiger partial charge in [0, 0.05) is 30.9 Å². The lowest BCUT2D eigenvalue weighted by Crippen LogP contribution is -2.25. The topological polar surface area (TPSA) is 92.6 Å². The van der Waals surface area contributed by atoms with Crippen LogP contribution in [0.1, 0.15) is 12.0 Å². The van der Waals surface area contributed by atoms with Crippen molar-refractivity contribution in [2.24, 2.45) is 0 Å². The van der Waals surface area contributed by atoms with Crippen LogP contribution in [0.4, 0.5) is 17.1 Å². The number of nitrogens with one attached hydrogen (secondary N) is 1. The van der Waals surface area contributed by atoms with Gasteiger partial charge in [-0.2, -0.15) is 0 Å². The van der Waals surface area contributed by atoms with Gasteiger partial charge in [-0.05, 0) is 36.2 Å². The van der Waals surface area contributed by atoms with Gasteiger partial charge in [-0.25, -0.2) is 8.42 Å². The molecule has 1 saturated heterocycles. The van der Waals surface area contributed by atoms with Crippen LogP contribution in [0.15, 0.2) is 48.5 Å². The Morgan fingerprint density at radius 2 is 1.92 bits per heavy atom. The molecule has 0 aliphatic carbocycles. The third kappa shape index (κ3) is 3.48. The van der Waals surface area contributed by atoms with E-state index >= 15 is 0 Å². The average molecular weight is 347 g/mol. The van der Waals surface area contributed by atoms with Gasteiger partial charge < -0.3 is 5.32 Å². The molecule has 1 fully saturated rings. The Hall–Kier alpha value is -2.61. The second-order valence-corrected chi connectivity index (χ2v) is 7.58. The summed E-state index contributed by atoms with van der Waals surface area (Å²) in [5.41, 5.74) is 2.42. The average Bonchev–Trinajstić information content (AvgIpc) is 2.93. The van der Waals surface area contributed by atoms with Crippen LogP contribution in [0.5, 0.6) is 0 Å². The third-order valence-corrected chi connectivity index (χ3v) is 5.74. The zero-order chi connectivity index (χ0) is 17.2. The van der Waals surface area contributed by atoms with Gasteiger partial charge >= 0.3 is 0 Å². The summed E-state index contributed by atoms with van der Waals surface area (Å²) in [7, 11) is -3.19. The molecule has 0 spiro atoms. The number of rotatable bonds is 5. The maximum atomic E-state index is 12.0. The van der Waals surface area contributed by atoms with Crippen molar-refractivity contribution >= 4 is 27.1 Å². The van der Waals surface area contributed by atoms with Gasteiger partial charge in [0.1, 0.15) is 0 Å². The smallest absolute Gasteiger partial charge is 0.269 e. The van der Waals surface area contributed by atoms with Gasteiger partial charge in [0.2, 0.25) is 10.0 Å². The normalized spacial score (nSPS) is 16.1. The summed E-state index contributed by atoms with van der Waals surface area (Å²) in [4.78, 5) is 10.2. The minimum atomic E-state index is -3.19. The first-order valence-electron chi connectivity index (χ1n) is 7.53. The summed E-state index contributed by atoms with van der Waals surface area (Å²) in [6, 6.07) is 13.5. The minimum Gasteiger partial charge on any atom is -0.381 e. The molecule has 0 atom stereocenters. The number of nitrogens with zero attached hydrogens (tertiary/aromatic N) is 2. The number of non-ortho nitro benzene ring substituents is 1. The molecule has 1 heterocycles. The lowest BCUT2D eigenvalue weighted by molar-refractivity contribution is -0.384. The fraction of sp³-hybridized carbons (Fsp3) is 0.250. The number of nitro groups is 1. The lowest BCUT2D eigenvalue weighted by atomic mass is 10.2. The molecule has 0 saturated carbocycles. The van der Waals surface area contributed by atoms with Crippen molar-refractivity contribution in [1.29, 1.82) is 0 Å². The molecule has 0 bridgehead atoms. The van der Waals surface area contributed by atoms with Crippen molar-refractivity contribution in [3.63, 3.8) is 0 Å². The number of sulfonamides is 1. The van der Waals surface area contributed by atoms with Gasteiger partial charge in [-0.1, -0.05) is 12.1 Å². The molecule has 0 radical (unpaired) electrons. The number of benzene rings is 2. The first-order chi connectivity index (χ1) is 11.5. The van der Waals surface area contributed by atoms with Gasteiger partial charge in [-0.3, -0.25) is 14.4 Å². The maximum Gasteiger partial charge on any atom is 0.269 e. The van der Waals surface area contributed by atoms with Gasteiger partial charge in [-0.15, -0.1) is 0 Å². The van der Waals surface area contributed by atoms with E-state index in [9.17, 15) is 18.5 Å². The molecular weight excluding hydrogens is 330 g/mol. The fourth-order valence-corrected chi connectivity index (χ4v) is 4.21. The monoisotopic (exact) mass is 347 g/mol. The zero-order valence-corrected chi connectivity index (χ0v) is 13.7. The summed E-state index contributed by atoms with van der Waals surface area (Å²) in [5, 5.41) is 13.8. The van der Waals surface area contributed by atoms with Crippen LogP contribution in [0.3, 0.4) is 0 Å². The molecular formula is C16H17N3O4S. The Bertz CT molecular complexity index is 850. The molecule has 3 rings (SSSR count). The van der Waals surface area contributed by atoms with Crippen molar-refractivity contribution in [2.45, 2.75) is 13.0 Å². The van der Waals surface area contributed by atoms with E-state index in [1.54, 1.807) is 18.2 Å². The summed E-state index contributed by atoms with van der Waals surface area (Å²) in [6.45, 7) is 1.01. The molecule has 0 amide bonds. The van der Waals surface area contributed by atoms with Crippen LogP contribution in [-0.2, 0) is 16.6 Å². The summed E-state index contributed by atoms with van der Waals surface area (Å²) < 4.78 is 25.4. The minimum absolute atomic E-state index is 0.0433. The molecule has 8 heteroatoms. The van der Waals surface area contributed by atoms with Crippen molar-refractivity contribution in [3.05, 3.63) is 64.2 Å². The van der Waals surface area contributed by atoms with Crippen molar-refractivity contribution in [1.82, 2.24) is 0 Å². The maximum absolute atomic E-state index is 12.0. The standard InChI is InChI=1S/C16H17N3O4S/c20-19(21)15-7-5-14(6-8-15)17-12-13-3-1-4-16(11-13)18-9-2-10-24(18,22)23/h1,3-8,11,17H,2,9-10,12H2. The van der Waals surface area contributed by atoms with Crippen molar-refractivity contribution in [3.8, 4) is 0 Å². The van der Waals surface area contributed by atoms with Crippen LogP contribution >= 0.6 is 0 Å². The Morgan fingerprint density at radius 3 is 2.54 bits per heavy atom. The number of nitro benzene ring substituents is 1. The first kappa shape index (κ1) is 16.3. The SMILES string of the molecule is O=[N+]([O-])c1ccc(NCc2cccc(N3CCCS3(=O)=O)c2)cc1. The Balaban J connectivity index is 1.70. The predicted octanol–water partition coefficient (Wildman–Crippen LogP) is 2.75. The summed E-state index contributed by atoms with van der Waals surface area (Å²) >= 11 is 0. The van der Waals surface area contributed by atoms with E-state index < -0.39 is 14.9 Å². The van der Waals surface area contributed by atoms with Crippen LogP contribution < -0.4 is 9.62 Å². The molecule has 24 heavy (non-hydrogen) atoms. The largest absolute Gasteiger partial charge is 0.381 e. The highest BCUT2D eigenvalue weighted by atomic mass is 32.2.